The maximum atomic E-state index is 12.6. The zero-order chi connectivity index (χ0) is 19.3. The molecule has 2 bridgehead atoms. The Morgan fingerprint density at radius 1 is 0.704 bits per heavy atom. The molecule has 3 aliphatic heterocycles. The molecule has 0 aromatic heterocycles. The average Bonchev–Trinajstić information content (AvgIpc) is 3.18. The van der Waals surface area contributed by atoms with Crippen molar-refractivity contribution in [2.24, 2.45) is 11.8 Å². The molecule has 9 heteroatoms. The monoisotopic (exact) mass is 388 g/mol. The Morgan fingerprint density at radius 3 is 1.44 bits per heavy atom. The van der Waals surface area contributed by atoms with Gasteiger partial charge in [-0.25, -0.2) is 0 Å². The number of hydrogen-bond acceptors (Lipinski definition) is 9. The Morgan fingerprint density at radius 2 is 1.07 bits per heavy atom. The van der Waals surface area contributed by atoms with Crippen LogP contribution < -0.4 is 0 Å². The molecule has 0 aliphatic carbocycles. The summed E-state index contributed by atoms with van der Waals surface area (Å²) in [7, 11) is 2.61. The summed E-state index contributed by atoms with van der Waals surface area (Å²) in [6.45, 7) is 2.81. The van der Waals surface area contributed by atoms with Crippen LogP contribution in [0.25, 0.3) is 0 Å². The first-order valence-electron chi connectivity index (χ1n) is 9.25. The molecule has 0 amide bonds. The van der Waals surface area contributed by atoms with Gasteiger partial charge in [-0.3, -0.25) is 9.59 Å². The molecule has 3 aliphatic rings. The number of methoxy groups -OCH3 is 2. The lowest BCUT2D eigenvalue weighted by molar-refractivity contribution is -0.163. The first-order chi connectivity index (χ1) is 13.1. The van der Waals surface area contributed by atoms with Crippen LogP contribution in [0.2, 0.25) is 0 Å². The van der Waals surface area contributed by atoms with Crippen LogP contribution in [0.3, 0.4) is 0 Å². The van der Waals surface area contributed by atoms with Crippen molar-refractivity contribution < 1.29 is 42.7 Å². The molecular weight excluding hydrogens is 360 g/mol. The molecule has 0 spiro atoms. The number of esters is 2. The molecule has 0 aromatic rings. The molecule has 9 nitrogen and oxygen atoms in total. The highest BCUT2D eigenvalue weighted by atomic mass is 16.6. The van der Waals surface area contributed by atoms with Crippen molar-refractivity contribution in [3.05, 3.63) is 0 Å². The number of ether oxygens (including phenoxy) is 7. The van der Waals surface area contributed by atoms with E-state index >= 15 is 0 Å². The third-order valence-corrected chi connectivity index (χ3v) is 5.56. The van der Waals surface area contributed by atoms with Gasteiger partial charge in [0.05, 0.1) is 67.1 Å². The lowest BCUT2D eigenvalue weighted by Crippen LogP contribution is -2.52. The predicted molar refractivity (Wildman–Crippen MR) is 90.1 cm³/mol. The fourth-order valence-electron chi connectivity index (χ4n) is 4.36. The van der Waals surface area contributed by atoms with E-state index in [2.05, 4.69) is 0 Å². The van der Waals surface area contributed by atoms with Crippen molar-refractivity contribution in [1.29, 1.82) is 0 Å². The third kappa shape index (κ3) is 3.97. The van der Waals surface area contributed by atoms with Gasteiger partial charge in [-0.05, 0) is 12.8 Å². The zero-order valence-corrected chi connectivity index (χ0v) is 15.9. The van der Waals surface area contributed by atoms with Gasteiger partial charge in [-0.15, -0.1) is 0 Å². The molecule has 3 saturated heterocycles. The minimum Gasteiger partial charge on any atom is -0.469 e. The van der Waals surface area contributed by atoms with E-state index in [-0.39, 0.29) is 13.2 Å². The van der Waals surface area contributed by atoms with E-state index in [1.807, 2.05) is 0 Å². The Balaban J connectivity index is 1.87. The fourth-order valence-corrected chi connectivity index (χ4v) is 4.36. The summed E-state index contributed by atoms with van der Waals surface area (Å²) in [6.07, 6.45) is 1.14. The van der Waals surface area contributed by atoms with Crippen LogP contribution >= 0.6 is 0 Å². The van der Waals surface area contributed by atoms with Gasteiger partial charge in [0.1, 0.15) is 23.0 Å². The van der Waals surface area contributed by atoms with Gasteiger partial charge in [0, 0.05) is 0 Å². The van der Waals surface area contributed by atoms with Gasteiger partial charge in [0.2, 0.25) is 0 Å². The molecule has 3 heterocycles. The van der Waals surface area contributed by atoms with Gasteiger partial charge >= 0.3 is 11.9 Å². The summed E-state index contributed by atoms with van der Waals surface area (Å²) in [5.41, 5.74) is -1.88. The second-order valence-corrected chi connectivity index (χ2v) is 7.06. The number of hydrogen-bond donors (Lipinski definition) is 0. The highest BCUT2D eigenvalue weighted by Gasteiger charge is 2.72. The van der Waals surface area contributed by atoms with Crippen LogP contribution in [-0.4, -0.2) is 90.2 Å². The van der Waals surface area contributed by atoms with Crippen molar-refractivity contribution in [1.82, 2.24) is 0 Å². The molecule has 3 rings (SSSR count). The standard InChI is InChI=1S/C18H28O9/c1-21-15(19)13-14(16(20)22-2)18-4-3-17(13,27-18)11-25-9-7-23-5-6-24-8-10-26-12-18/h13-14H,3-12H2,1-2H3/t13-,14+,17-,18+. The molecule has 0 N–H and O–H groups in total. The van der Waals surface area contributed by atoms with Crippen molar-refractivity contribution in [2.45, 2.75) is 24.0 Å². The molecular formula is C18H28O9. The summed E-state index contributed by atoms with van der Waals surface area (Å²) in [5.74, 6) is -2.62. The lowest BCUT2D eigenvalue weighted by atomic mass is 9.66. The second-order valence-electron chi connectivity index (χ2n) is 7.06. The minimum absolute atomic E-state index is 0.169. The average molecular weight is 388 g/mol. The largest absolute Gasteiger partial charge is 0.469 e. The van der Waals surface area contributed by atoms with Crippen LogP contribution in [0.15, 0.2) is 0 Å². The molecule has 0 radical (unpaired) electrons. The van der Waals surface area contributed by atoms with Crippen LogP contribution in [0.4, 0.5) is 0 Å². The smallest absolute Gasteiger partial charge is 0.312 e. The van der Waals surface area contributed by atoms with Gasteiger partial charge in [-0.2, -0.15) is 0 Å². The van der Waals surface area contributed by atoms with Crippen LogP contribution in [-0.2, 0) is 42.7 Å². The number of carbonyl (C=O) groups is 2. The molecule has 154 valence electrons. The molecule has 4 atom stereocenters. The summed E-state index contributed by atoms with van der Waals surface area (Å²) in [4.78, 5) is 25.2. The van der Waals surface area contributed by atoms with Gasteiger partial charge in [-0.1, -0.05) is 0 Å². The quantitative estimate of drug-likeness (QED) is 0.603. The summed E-state index contributed by atoms with van der Waals surface area (Å²) in [6, 6.07) is 0. The SMILES string of the molecule is COC(=O)[C@@H]1[C@H](C(=O)OC)[C@@]23CC[C@@]1(COCCOCCOCCOC2)O3. The highest BCUT2D eigenvalue weighted by molar-refractivity contribution is 5.85. The highest BCUT2D eigenvalue weighted by Crippen LogP contribution is 2.58. The maximum Gasteiger partial charge on any atom is 0.312 e. The first kappa shape index (κ1) is 20.5. The van der Waals surface area contributed by atoms with Crippen molar-refractivity contribution in [3.63, 3.8) is 0 Å². The van der Waals surface area contributed by atoms with E-state index in [0.29, 0.717) is 52.5 Å². The fraction of sp³-hybridized carbons (Fsp3) is 0.889. The van der Waals surface area contributed by atoms with E-state index in [1.165, 1.54) is 14.2 Å². The Hall–Kier alpha value is -1.26. The molecule has 3 fully saturated rings. The maximum absolute atomic E-state index is 12.6. The Labute approximate surface area is 158 Å². The van der Waals surface area contributed by atoms with Crippen LogP contribution in [0.1, 0.15) is 12.8 Å². The van der Waals surface area contributed by atoms with Gasteiger partial charge < -0.3 is 33.2 Å². The zero-order valence-electron chi connectivity index (χ0n) is 15.9. The van der Waals surface area contributed by atoms with E-state index < -0.39 is 35.0 Å². The van der Waals surface area contributed by atoms with Crippen LogP contribution in [0.5, 0.6) is 0 Å². The number of carbonyl (C=O) groups excluding carboxylic acids is 2. The predicted octanol–water partition coefficient (Wildman–Crippen LogP) is -0.0536. The molecule has 0 saturated carbocycles. The summed E-state index contributed by atoms with van der Waals surface area (Å²) in [5, 5.41) is 0. The van der Waals surface area contributed by atoms with E-state index in [0.717, 1.165) is 0 Å². The van der Waals surface area contributed by atoms with E-state index in [1.54, 1.807) is 0 Å². The van der Waals surface area contributed by atoms with Crippen molar-refractivity contribution in [2.75, 3.05) is 67.1 Å². The minimum atomic E-state index is -0.939. The van der Waals surface area contributed by atoms with Gasteiger partial charge in [0.25, 0.3) is 0 Å². The number of rotatable bonds is 2. The van der Waals surface area contributed by atoms with E-state index in [9.17, 15) is 9.59 Å². The van der Waals surface area contributed by atoms with E-state index in [4.69, 9.17) is 33.2 Å². The van der Waals surface area contributed by atoms with Crippen LogP contribution in [0, 0.1) is 11.8 Å². The second kappa shape index (κ2) is 8.83. The topological polar surface area (TPSA) is 98.8 Å². The Kier molecular flexibility index (Phi) is 6.69. The van der Waals surface area contributed by atoms with Gasteiger partial charge in [0.15, 0.2) is 0 Å². The third-order valence-electron chi connectivity index (χ3n) is 5.56. The summed E-state index contributed by atoms with van der Waals surface area (Å²) >= 11 is 0. The first-order valence-corrected chi connectivity index (χ1v) is 9.25. The normalized spacial score (nSPS) is 37.9. The molecule has 0 aromatic carbocycles. The molecule has 27 heavy (non-hydrogen) atoms. The lowest BCUT2D eigenvalue weighted by Gasteiger charge is -2.35. The molecule has 0 unspecified atom stereocenters. The summed E-state index contributed by atoms with van der Waals surface area (Å²) < 4.78 is 38.7. The van der Waals surface area contributed by atoms with Crippen molar-refractivity contribution >= 4 is 11.9 Å². The van der Waals surface area contributed by atoms with Crippen molar-refractivity contribution in [3.8, 4) is 0 Å². The Bertz CT molecular complexity index is 493.